The lowest BCUT2D eigenvalue weighted by atomic mass is 9.81. The SMILES string of the molecule is C=C[C@H](C)[C@@H]1OC(O)[C@H](C)[C@H](O[Si](C)(C)C(C)(C)C)[C@@H]1C. The highest BCUT2D eigenvalue weighted by Crippen LogP contribution is 2.42. The summed E-state index contributed by atoms with van der Waals surface area (Å²) in [5, 5.41) is 10.4. The van der Waals surface area contributed by atoms with Gasteiger partial charge in [-0.1, -0.05) is 47.6 Å². The molecule has 0 aliphatic carbocycles. The zero-order valence-corrected chi connectivity index (χ0v) is 16.0. The average Bonchev–Trinajstić information content (AvgIpc) is 2.36. The van der Waals surface area contributed by atoms with Crippen molar-refractivity contribution in [3.63, 3.8) is 0 Å². The van der Waals surface area contributed by atoms with Crippen molar-refractivity contribution in [2.45, 2.75) is 78.2 Å². The molecule has 21 heavy (non-hydrogen) atoms. The van der Waals surface area contributed by atoms with Crippen LogP contribution >= 0.6 is 0 Å². The van der Waals surface area contributed by atoms with E-state index in [0.717, 1.165) is 0 Å². The Balaban J connectivity index is 2.99. The van der Waals surface area contributed by atoms with E-state index in [4.69, 9.17) is 9.16 Å². The summed E-state index contributed by atoms with van der Waals surface area (Å²) in [4.78, 5) is 0. The van der Waals surface area contributed by atoms with Crippen LogP contribution in [0.25, 0.3) is 0 Å². The number of aliphatic hydroxyl groups is 1. The first-order valence-corrected chi connectivity index (χ1v) is 11.0. The van der Waals surface area contributed by atoms with Gasteiger partial charge in [0.15, 0.2) is 14.6 Å². The molecule has 4 heteroatoms. The molecule has 6 atom stereocenters. The van der Waals surface area contributed by atoms with Crippen molar-refractivity contribution in [2.24, 2.45) is 17.8 Å². The summed E-state index contributed by atoms with van der Waals surface area (Å²) in [6.07, 6.45) is 1.13. The van der Waals surface area contributed by atoms with Crippen LogP contribution in [-0.4, -0.2) is 31.9 Å². The van der Waals surface area contributed by atoms with Crippen LogP contribution in [-0.2, 0) is 9.16 Å². The lowest BCUT2D eigenvalue weighted by Crippen LogP contribution is -2.56. The van der Waals surface area contributed by atoms with E-state index >= 15 is 0 Å². The third kappa shape index (κ3) is 3.98. The molecule has 3 nitrogen and oxygen atoms in total. The molecule has 0 bridgehead atoms. The summed E-state index contributed by atoms with van der Waals surface area (Å²) in [6, 6.07) is 0. The molecule has 0 spiro atoms. The lowest BCUT2D eigenvalue weighted by molar-refractivity contribution is -0.245. The number of hydrogen-bond donors (Lipinski definition) is 1. The van der Waals surface area contributed by atoms with Gasteiger partial charge in [-0.05, 0) is 18.1 Å². The van der Waals surface area contributed by atoms with Crippen molar-refractivity contribution in [1.82, 2.24) is 0 Å². The van der Waals surface area contributed by atoms with Crippen LogP contribution in [0.3, 0.4) is 0 Å². The highest BCUT2D eigenvalue weighted by atomic mass is 28.4. The first kappa shape index (κ1) is 18.9. The average molecular weight is 315 g/mol. The molecule has 1 rings (SSSR count). The monoisotopic (exact) mass is 314 g/mol. The minimum Gasteiger partial charge on any atom is -0.413 e. The first-order chi connectivity index (χ1) is 9.42. The van der Waals surface area contributed by atoms with E-state index in [-0.39, 0.29) is 35.0 Å². The maximum absolute atomic E-state index is 10.3. The Morgan fingerprint density at radius 2 is 1.76 bits per heavy atom. The molecule has 0 aromatic rings. The quantitative estimate of drug-likeness (QED) is 0.624. The van der Waals surface area contributed by atoms with E-state index in [1.807, 2.05) is 13.0 Å². The fourth-order valence-corrected chi connectivity index (χ4v) is 4.17. The van der Waals surface area contributed by atoms with Gasteiger partial charge in [0, 0.05) is 17.8 Å². The normalized spacial score (nSPS) is 36.3. The van der Waals surface area contributed by atoms with E-state index in [1.54, 1.807) is 0 Å². The summed E-state index contributed by atoms with van der Waals surface area (Å²) in [7, 11) is -1.87. The van der Waals surface area contributed by atoms with E-state index in [2.05, 4.69) is 54.3 Å². The van der Waals surface area contributed by atoms with Crippen molar-refractivity contribution >= 4 is 8.32 Å². The van der Waals surface area contributed by atoms with Crippen molar-refractivity contribution < 1.29 is 14.3 Å². The van der Waals surface area contributed by atoms with Crippen LogP contribution in [0.2, 0.25) is 18.1 Å². The molecule has 1 unspecified atom stereocenters. The van der Waals surface area contributed by atoms with Gasteiger partial charge in [-0.2, -0.15) is 0 Å². The highest BCUT2D eigenvalue weighted by molar-refractivity contribution is 6.74. The number of ether oxygens (including phenoxy) is 1. The molecular formula is C17H34O3Si. The molecular weight excluding hydrogens is 280 g/mol. The molecule has 1 N–H and O–H groups in total. The summed E-state index contributed by atoms with van der Waals surface area (Å²) < 4.78 is 12.4. The van der Waals surface area contributed by atoms with Crippen molar-refractivity contribution in [1.29, 1.82) is 0 Å². The molecule has 0 aromatic carbocycles. The second-order valence-electron chi connectivity index (χ2n) is 8.15. The van der Waals surface area contributed by atoms with Gasteiger partial charge in [0.1, 0.15) is 0 Å². The second-order valence-corrected chi connectivity index (χ2v) is 12.9. The van der Waals surface area contributed by atoms with Crippen LogP contribution in [0.15, 0.2) is 12.7 Å². The number of rotatable bonds is 4. The Morgan fingerprint density at radius 1 is 1.24 bits per heavy atom. The molecule has 1 aliphatic rings. The zero-order valence-electron chi connectivity index (χ0n) is 15.0. The van der Waals surface area contributed by atoms with Gasteiger partial charge in [-0.25, -0.2) is 0 Å². The van der Waals surface area contributed by atoms with Crippen LogP contribution < -0.4 is 0 Å². The number of aliphatic hydroxyl groups excluding tert-OH is 1. The fourth-order valence-electron chi connectivity index (χ4n) is 2.71. The Hall–Kier alpha value is -0.163. The predicted octanol–water partition coefficient (Wildman–Crippen LogP) is 4.19. The standard InChI is InChI=1S/C17H34O3Si/c1-10-11(2)14-12(3)15(13(4)16(18)19-14)20-21(8,9)17(5,6)7/h10-16,18H,1H2,2-9H3/t11-,12+,13+,14-,15+,16?/m0/s1. The molecule has 0 saturated carbocycles. The summed E-state index contributed by atoms with van der Waals surface area (Å²) in [5.41, 5.74) is 0. The lowest BCUT2D eigenvalue weighted by Gasteiger charge is -2.49. The first-order valence-electron chi connectivity index (χ1n) is 8.06. The smallest absolute Gasteiger partial charge is 0.192 e. The topological polar surface area (TPSA) is 38.7 Å². The largest absolute Gasteiger partial charge is 0.413 e. The van der Waals surface area contributed by atoms with Gasteiger partial charge in [-0.15, -0.1) is 6.58 Å². The summed E-state index contributed by atoms with van der Waals surface area (Å²) >= 11 is 0. The van der Waals surface area contributed by atoms with Gasteiger partial charge < -0.3 is 14.3 Å². The van der Waals surface area contributed by atoms with Gasteiger partial charge in [-0.3, -0.25) is 0 Å². The molecule has 124 valence electrons. The minimum atomic E-state index is -1.87. The molecule has 0 aromatic heterocycles. The second kappa shape index (κ2) is 6.53. The van der Waals surface area contributed by atoms with Crippen LogP contribution in [0.1, 0.15) is 41.5 Å². The Bertz CT molecular complexity index is 362. The van der Waals surface area contributed by atoms with Crippen LogP contribution in [0, 0.1) is 17.8 Å². The van der Waals surface area contributed by atoms with E-state index < -0.39 is 14.6 Å². The Morgan fingerprint density at radius 3 is 2.19 bits per heavy atom. The van der Waals surface area contributed by atoms with E-state index in [1.165, 1.54) is 0 Å². The Labute approximate surface area is 131 Å². The van der Waals surface area contributed by atoms with E-state index in [0.29, 0.717) is 0 Å². The van der Waals surface area contributed by atoms with Crippen molar-refractivity contribution in [3.8, 4) is 0 Å². The minimum absolute atomic E-state index is 0.0117. The van der Waals surface area contributed by atoms with Crippen LogP contribution in [0.5, 0.6) is 0 Å². The third-order valence-corrected chi connectivity index (χ3v) is 9.90. The van der Waals surface area contributed by atoms with Crippen LogP contribution in [0.4, 0.5) is 0 Å². The summed E-state index contributed by atoms with van der Waals surface area (Å²) in [6.45, 7) is 21.4. The van der Waals surface area contributed by atoms with Gasteiger partial charge in [0.2, 0.25) is 0 Å². The van der Waals surface area contributed by atoms with Gasteiger partial charge >= 0.3 is 0 Å². The zero-order chi connectivity index (χ0) is 16.6. The predicted molar refractivity (Wildman–Crippen MR) is 90.6 cm³/mol. The van der Waals surface area contributed by atoms with Crippen molar-refractivity contribution in [3.05, 3.63) is 12.7 Å². The molecule has 0 amide bonds. The highest BCUT2D eigenvalue weighted by Gasteiger charge is 2.47. The third-order valence-electron chi connectivity index (χ3n) is 5.43. The summed E-state index contributed by atoms with van der Waals surface area (Å²) in [5.74, 6) is 0.431. The molecule has 1 saturated heterocycles. The Kier molecular flexibility index (Phi) is 5.87. The molecule has 1 aliphatic heterocycles. The maximum Gasteiger partial charge on any atom is 0.192 e. The van der Waals surface area contributed by atoms with E-state index in [9.17, 15) is 5.11 Å². The van der Waals surface area contributed by atoms with Crippen molar-refractivity contribution in [2.75, 3.05) is 0 Å². The molecule has 0 radical (unpaired) electrons. The maximum atomic E-state index is 10.3. The molecule has 1 fully saturated rings. The molecule has 1 heterocycles. The number of hydrogen-bond acceptors (Lipinski definition) is 3. The fraction of sp³-hybridized carbons (Fsp3) is 0.882. The van der Waals surface area contributed by atoms with Gasteiger partial charge in [0.25, 0.3) is 0 Å². The van der Waals surface area contributed by atoms with Gasteiger partial charge in [0.05, 0.1) is 12.2 Å².